The van der Waals surface area contributed by atoms with E-state index in [0.717, 1.165) is 12.1 Å². The Kier molecular flexibility index (Phi) is 4.27. The van der Waals surface area contributed by atoms with Crippen LogP contribution in [0.25, 0.3) is 0 Å². The Balaban J connectivity index is 0.000000980. The van der Waals surface area contributed by atoms with Crippen molar-refractivity contribution in [3.05, 3.63) is 0 Å². The van der Waals surface area contributed by atoms with Gasteiger partial charge in [0.1, 0.15) is 0 Å². The van der Waals surface area contributed by atoms with Crippen molar-refractivity contribution in [2.75, 3.05) is 13.1 Å². The lowest BCUT2D eigenvalue weighted by Gasteiger charge is -2.43. The Morgan fingerprint density at radius 2 is 1.36 bits per heavy atom. The highest BCUT2D eigenvalue weighted by molar-refractivity contribution is 4.71. The summed E-state index contributed by atoms with van der Waals surface area (Å²) >= 11 is 0. The standard InChI is InChI=1S/C12H24N.ClH/c1-11-7-4-3-5-9-13(11)10-6-8-12(13)2;/h11-12H,3-10H2,1-2H3;1H/q+1;/p-1. The summed E-state index contributed by atoms with van der Waals surface area (Å²) in [5.41, 5.74) is 0. The minimum absolute atomic E-state index is 0. The lowest BCUT2D eigenvalue weighted by atomic mass is 10.1. The zero-order valence-corrected chi connectivity index (χ0v) is 10.4. The molecule has 2 rings (SSSR count). The molecule has 0 aromatic rings. The van der Waals surface area contributed by atoms with E-state index < -0.39 is 0 Å². The van der Waals surface area contributed by atoms with Gasteiger partial charge in [-0.25, -0.2) is 0 Å². The maximum absolute atomic E-state index is 2.49. The smallest absolute Gasteiger partial charge is 0.0866 e. The number of hydrogen-bond donors (Lipinski definition) is 0. The van der Waals surface area contributed by atoms with Gasteiger partial charge in [-0.1, -0.05) is 0 Å². The summed E-state index contributed by atoms with van der Waals surface area (Å²) in [5, 5.41) is 0. The van der Waals surface area contributed by atoms with E-state index in [4.69, 9.17) is 0 Å². The summed E-state index contributed by atoms with van der Waals surface area (Å²) in [6.07, 6.45) is 8.87. The summed E-state index contributed by atoms with van der Waals surface area (Å²) in [6.45, 7) is 7.92. The first-order valence-corrected chi connectivity index (χ1v) is 6.12. The predicted octanol–water partition coefficient (Wildman–Crippen LogP) is -0.0480. The molecule has 0 N–H and O–H groups in total. The van der Waals surface area contributed by atoms with Crippen LogP contribution in [0.15, 0.2) is 0 Å². The van der Waals surface area contributed by atoms with Gasteiger partial charge in [0.05, 0.1) is 25.2 Å². The molecule has 2 aliphatic rings. The van der Waals surface area contributed by atoms with Gasteiger partial charge in [0.2, 0.25) is 0 Å². The molecule has 2 aliphatic heterocycles. The Labute approximate surface area is 94.9 Å². The van der Waals surface area contributed by atoms with Crippen molar-refractivity contribution in [2.45, 2.75) is 64.5 Å². The third-order valence-corrected chi connectivity index (χ3v) is 4.65. The summed E-state index contributed by atoms with van der Waals surface area (Å²) in [6, 6.07) is 1.90. The van der Waals surface area contributed by atoms with Crippen LogP contribution in [0.4, 0.5) is 0 Å². The van der Waals surface area contributed by atoms with Crippen molar-refractivity contribution in [1.29, 1.82) is 0 Å². The average molecular weight is 218 g/mol. The molecular formula is C12H24ClN. The minimum Gasteiger partial charge on any atom is -1.00 e. The molecule has 0 aliphatic carbocycles. The van der Waals surface area contributed by atoms with E-state index in [1.54, 1.807) is 0 Å². The first-order chi connectivity index (χ1) is 6.26. The summed E-state index contributed by atoms with van der Waals surface area (Å²) in [5.74, 6) is 0. The lowest BCUT2D eigenvalue weighted by molar-refractivity contribution is -0.958. The molecule has 2 heterocycles. The van der Waals surface area contributed by atoms with Crippen molar-refractivity contribution in [1.82, 2.24) is 0 Å². The average Bonchev–Trinajstić information content (AvgIpc) is 2.36. The lowest BCUT2D eigenvalue weighted by Crippen LogP contribution is -3.00. The van der Waals surface area contributed by atoms with Crippen molar-refractivity contribution in [3.8, 4) is 0 Å². The summed E-state index contributed by atoms with van der Waals surface area (Å²) in [4.78, 5) is 0. The Morgan fingerprint density at radius 3 is 2.00 bits per heavy atom. The van der Waals surface area contributed by atoms with Gasteiger partial charge in [-0.15, -0.1) is 0 Å². The molecule has 3 atom stereocenters. The van der Waals surface area contributed by atoms with Crippen LogP contribution in [0, 0.1) is 0 Å². The van der Waals surface area contributed by atoms with Crippen LogP contribution in [-0.4, -0.2) is 29.7 Å². The fraction of sp³-hybridized carbons (Fsp3) is 1.00. The SMILES string of the molecule is CC1CCCCC[N+]12CCCC2C.[Cl-]. The molecule has 0 bridgehead atoms. The molecule has 1 spiro atoms. The van der Waals surface area contributed by atoms with Crippen LogP contribution in [0.5, 0.6) is 0 Å². The number of hydrogen-bond acceptors (Lipinski definition) is 0. The van der Waals surface area contributed by atoms with E-state index in [-0.39, 0.29) is 12.4 Å². The van der Waals surface area contributed by atoms with E-state index in [0.29, 0.717) is 0 Å². The van der Waals surface area contributed by atoms with Crippen LogP contribution in [-0.2, 0) is 0 Å². The van der Waals surface area contributed by atoms with E-state index >= 15 is 0 Å². The van der Waals surface area contributed by atoms with Gasteiger partial charge in [-0.05, 0) is 39.5 Å². The molecule has 3 unspecified atom stereocenters. The van der Waals surface area contributed by atoms with E-state index in [1.807, 2.05) is 0 Å². The molecule has 0 aromatic heterocycles. The van der Waals surface area contributed by atoms with Gasteiger partial charge in [0.25, 0.3) is 0 Å². The van der Waals surface area contributed by atoms with Crippen LogP contribution in [0.1, 0.15) is 52.4 Å². The molecule has 14 heavy (non-hydrogen) atoms. The number of halogens is 1. The predicted molar refractivity (Wildman–Crippen MR) is 56.6 cm³/mol. The zero-order chi connectivity index (χ0) is 9.31. The van der Waals surface area contributed by atoms with Crippen molar-refractivity contribution >= 4 is 0 Å². The third kappa shape index (κ3) is 1.94. The van der Waals surface area contributed by atoms with Crippen molar-refractivity contribution in [3.63, 3.8) is 0 Å². The number of rotatable bonds is 0. The maximum atomic E-state index is 2.49. The van der Waals surface area contributed by atoms with E-state index in [9.17, 15) is 0 Å². The zero-order valence-electron chi connectivity index (χ0n) is 9.64. The van der Waals surface area contributed by atoms with Crippen LogP contribution in [0.2, 0.25) is 0 Å². The fourth-order valence-corrected chi connectivity index (χ4v) is 3.65. The topological polar surface area (TPSA) is 0 Å². The van der Waals surface area contributed by atoms with E-state index in [1.165, 1.54) is 56.1 Å². The molecule has 1 nitrogen and oxygen atoms in total. The highest BCUT2D eigenvalue weighted by Gasteiger charge is 2.43. The van der Waals surface area contributed by atoms with Crippen molar-refractivity contribution < 1.29 is 16.9 Å². The summed E-state index contributed by atoms with van der Waals surface area (Å²) in [7, 11) is 0. The number of quaternary nitrogens is 1. The second kappa shape index (κ2) is 4.85. The first kappa shape index (κ1) is 12.3. The molecule has 2 fully saturated rings. The largest absolute Gasteiger partial charge is 1.00 e. The van der Waals surface area contributed by atoms with Gasteiger partial charge in [-0.3, -0.25) is 0 Å². The normalized spacial score (nSPS) is 43.3. The summed E-state index contributed by atoms with van der Waals surface area (Å²) < 4.78 is 1.47. The first-order valence-electron chi connectivity index (χ1n) is 6.12. The maximum Gasteiger partial charge on any atom is 0.0866 e. The molecule has 84 valence electrons. The molecule has 2 heteroatoms. The quantitative estimate of drug-likeness (QED) is 0.500. The van der Waals surface area contributed by atoms with Crippen LogP contribution in [0.3, 0.4) is 0 Å². The molecule has 0 amide bonds. The fourth-order valence-electron chi connectivity index (χ4n) is 3.65. The minimum atomic E-state index is 0. The highest BCUT2D eigenvalue weighted by Crippen LogP contribution is 2.34. The molecule has 0 radical (unpaired) electrons. The van der Waals surface area contributed by atoms with E-state index in [2.05, 4.69) is 13.8 Å². The van der Waals surface area contributed by atoms with Crippen LogP contribution >= 0.6 is 0 Å². The Morgan fingerprint density at radius 1 is 0.786 bits per heavy atom. The van der Waals surface area contributed by atoms with Gasteiger partial charge in [0.15, 0.2) is 0 Å². The second-order valence-electron chi connectivity index (χ2n) is 5.24. The van der Waals surface area contributed by atoms with Crippen LogP contribution < -0.4 is 12.4 Å². The van der Waals surface area contributed by atoms with Gasteiger partial charge >= 0.3 is 0 Å². The second-order valence-corrected chi connectivity index (χ2v) is 5.24. The van der Waals surface area contributed by atoms with Gasteiger partial charge in [-0.2, -0.15) is 0 Å². The highest BCUT2D eigenvalue weighted by atomic mass is 35.5. The molecular weight excluding hydrogens is 194 g/mol. The Bertz CT molecular complexity index is 183. The van der Waals surface area contributed by atoms with Gasteiger partial charge < -0.3 is 16.9 Å². The molecule has 0 aromatic carbocycles. The molecule has 2 saturated heterocycles. The van der Waals surface area contributed by atoms with Gasteiger partial charge in [0, 0.05) is 12.8 Å². The van der Waals surface area contributed by atoms with Crippen molar-refractivity contribution in [2.24, 2.45) is 0 Å². The molecule has 0 saturated carbocycles. The number of nitrogens with zero attached hydrogens (tertiary/aromatic N) is 1. The Hall–Kier alpha value is 0.250. The third-order valence-electron chi connectivity index (χ3n) is 4.65. The monoisotopic (exact) mass is 217 g/mol.